The quantitative estimate of drug-likeness (QED) is 0.231. The fraction of sp³-hybridized carbons (Fsp3) is 0.444. The molecule has 0 bridgehead atoms. The van der Waals surface area contributed by atoms with Gasteiger partial charge in [-0.2, -0.15) is 13.2 Å². The van der Waals surface area contributed by atoms with Crippen LogP contribution in [0.4, 0.5) is 13.2 Å². The molecule has 0 aromatic heterocycles. The summed E-state index contributed by atoms with van der Waals surface area (Å²) >= 11 is 0. The van der Waals surface area contributed by atoms with Crippen molar-refractivity contribution in [1.29, 1.82) is 0 Å². The van der Waals surface area contributed by atoms with Gasteiger partial charge >= 0.3 is 6.18 Å². The molecule has 5 atom stereocenters. The molecule has 0 spiro atoms. The van der Waals surface area contributed by atoms with Crippen molar-refractivity contribution < 1.29 is 37.0 Å². The fourth-order valence-corrected chi connectivity index (χ4v) is 3.89. The molecular formula is C27H32F3NO5. The first-order chi connectivity index (χ1) is 17.3. The van der Waals surface area contributed by atoms with Crippen molar-refractivity contribution in [3.8, 4) is 0 Å². The van der Waals surface area contributed by atoms with E-state index in [9.17, 15) is 13.2 Å². The molecule has 1 saturated heterocycles. The summed E-state index contributed by atoms with van der Waals surface area (Å²) in [7, 11) is 3.18. The summed E-state index contributed by atoms with van der Waals surface area (Å²) in [4.78, 5) is 5.63. The largest absolute Gasteiger partial charge is 0.416 e. The van der Waals surface area contributed by atoms with E-state index in [1.54, 1.807) is 26.5 Å². The second kappa shape index (κ2) is 13.0. The predicted molar refractivity (Wildman–Crippen MR) is 131 cm³/mol. The molecule has 0 saturated carbocycles. The maximum Gasteiger partial charge on any atom is 0.416 e. The Morgan fingerprint density at radius 1 is 0.861 bits per heavy atom. The van der Waals surface area contributed by atoms with Crippen molar-refractivity contribution >= 4 is 18.4 Å². The molecular weight excluding hydrogens is 475 g/mol. The Hall–Kier alpha value is -2.72. The van der Waals surface area contributed by atoms with Crippen LogP contribution in [0.5, 0.6) is 0 Å². The van der Waals surface area contributed by atoms with Crippen LogP contribution in [0.2, 0.25) is 0 Å². The number of oxime groups is 1. The Balaban J connectivity index is 1.59. The van der Waals surface area contributed by atoms with Crippen LogP contribution in [0.15, 0.2) is 53.7 Å². The topological polar surface area (TPSA) is 58.5 Å². The molecule has 1 heterocycles. The molecule has 2 aromatic rings. The van der Waals surface area contributed by atoms with E-state index < -0.39 is 24.1 Å². The van der Waals surface area contributed by atoms with E-state index in [-0.39, 0.29) is 18.3 Å². The van der Waals surface area contributed by atoms with Gasteiger partial charge in [0.15, 0.2) is 6.10 Å². The van der Waals surface area contributed by atoms with E-state index in [0.717, 1.165) is 29.7 Å². The van der Waals surface area contributed by atoms with Crippen LogP contribution in [0, 0.1) is 0 Å². The first kappa shape index (κ1) is 27.9. The Bertz CT molecular complexity index is 992. The van der Waals surface area contributed by atoms with Crippen molar-refractivity contribution in [2.24, 2.45) is 5.16 Å². The van der Waals surface area contributed by atoms with Crippen molar-refractivity contribution in [2.45, 2.75) is 57.2 Å². The first-order valence-electron chi connectivity index (χ1n) is 11.7. The van der Waals surface area contributed by atoms with Crippen LogP contribution >= 0.6 is 0 Å². The number of benzene rings is 2. The smallest absolute Gasteiger partial charge is 0.376 e. The molecule has 196 valence electrons. The van der Waals surface area contributed by atoms with Crippen molar-refractivity contribution in [3.05, 3.63) is 70.8 Å². The molecule has 1 fully saturated rings. The summed E-state index contributed by atoms with van der Waals surface area (Å²) in [6.07, 6.45) is -0.565. The predicted octanol–water partition coefficient (Wildman–Crippen LogP) is 5.80. The number of rotatable bonds is 10. The Morgan fingerprint density at radius 2 is 1.42 bits per heavy atom. The molecule has 0 amide bonds. The summed E-state index contributed by atoms with van der Waals surface area (Å²) < 4.78 is 61.1. The fourth-order valence-electron chi connectivity index (χ4n) is 3.89. The minimum atomic E-state index is -4.34. The third-order valence-electron chi connectivity index (χ3n) is 5.80. The average molecular weight is 508 g/mol. The maximum atomic E-state index is 12.7. The number of hydrogen-bond donors (Lipinski definition) is 0. The van der Waals surface area contributed by atoms with Crippen molar-refractivity contribution in [3.63, 3.8) is 0 Å². The number of alkyl halides is 3. The van der Waals surface area contributed by atoms with Crippen molar-refractivity contribution in [1.82, 2.24) is 0 Å². The van der Waals surface area contributed by atoms with Gasteiger partial charge in [0, 0.05) is 20.8 Å². The molecule has 3 rings (SSSR count). The average Bonchev–Trinajstić information content (AvgIpc) is 2.86. The Morgan fingerprint density at radius 3 is 1.94 bits per heavy atom. The highest BCUT2D eigenvalue weighted by Gasteiger charge is 2.47. The molecule has 0 N–H and O–H groups in total. The van der Waals surface area contributed by atoms with Crippen LogP contribution in [-0.4, -0.2) is 57.7 Å². The minimum absolute atomic E-state index is 0.279. The van der Waals surface area contributed by atoms with Gasteiger partial charge in [0.1, 0.15) is 12.2 Å². The number of hydrogen-bond acceptors (Lipinski definition) is 6. The minimum Gasteiger partial charge on any atom is -0.376 e. The molecule has 2 aromatic carbocycles. The second-order valence-electron chi connectivity index (χ2n) is 8.41. The van der Waals surface area contributed by atoms with E-state index in [1.807, 2.05) is 44.2 Å². The molecule has 1 aliphatic heterocycles. The van der Waals surface area contributed by atoms with Crippen LogP contribution in [0.3, 0.4) is 0 Å². The summed E-state index contributed by atoms with van der Waals surface area (Å²) in [6, 6.07) is 12.5. The molecule has 9 heteroatoms. The molecule has 36 heavy (non-hydrogen) atoms. The molecule has 1 aliphatic rings. The SMILES string of the molecule is CCCO[C@@H]1[C@@H](OC)[C@H](C)O[C@@H](ON=Cc2ccc(/C=C/c3ccc(C(F)(F)F)cc3)cc2)[C@@H]1OC. The first-order valence-corrected chi connectivity index (χ1v) is 11.7. The van der Waals surface area contributed by atoms with Gasteiger partial charge in [-0.1, -0.05) is 60.6 Å². The van der Waals surface area contributed by atoms with Gasteiger partial charge in [0.2, 0.25) is 0 Å². The zero-order chi connectivity index (χ0) is 26.1. The van der Waals surface area contributed by atoms with E-state index in [1.165, 1.54) is 12.1 Å². The normalized spacial score (nSPS) is 25.0. The van der Waals surface area contributed by atoms with Crippen LogP contribution in [0.25, 0.3) is 12.2 Å². The lowest BCUT2D eigenvalue weighted by Gasteiger charge is -2.42. The monoisotopic (exact) mass is 507 g/mol. The zero-order valence-corrected chi connectivity index (χ0v) is 20.8. The number of nitrogens with zero attached hydrogens (tertiary/aromatic N) is 1. The van der Waals surface area contributed by atoms with Gasteiger partial charge in [0.05, 0.1) is 17.9 Å². The number of methoxy groups -OCH3 is 2. The van der Waals surface area contributed by atoms with Gasteiger partial charge < -0.3 is 23.8 Å². The lowest BCUT2D eigenvalue weighted by molar-refractivity contribution is -0.308. The number of halogens is 3. The molecule has 0 unspecified atom stereocenters. The van der Waals surface area contributed by atoms with E-state index in [2.05, 4.69) is 5.16 Å². The summed E-state index contributed by atoms with van der Waals surface area (Å²) in [6.45, 7) is 4.48. The van der Waals surface area contributed by atoms with E-state index >= 15 is 0 Å². The maximum absolute atomic E-state index is 12.7. The standard InChI is InChI=1S/C27H32F3NO5/c1-5-16-34-24-23(32-3)18(2)35-26(25(24)33-4)36-31-17-21-10-8-19(9-11-21)6-7-20-12-14-22(15-13-20)27(28,29)30/h6-15,17-18,23-26H,5,16H2,1-4H3/b7-6+,31-17?/t18-,23-,24+,25+,26-/m0/s1. The lowest BCUT2D eigenvalue weighted by Crippen LogP contribution is -2.59. The molecule has 0 aliphatic carbocycles. The van der Waals surface area contributed by atoms with Gasteiger partial charge in [-0.25, -0.2) is 0 Å². The van der Waals surface area contributed by atoms with E-state index in [0.29, 0.717) is 12.2 Å². The molecule has 0 radical (unpaired) electrons. The van der Waals surface area contributed by atoms with Gasteiger partial charge in [-0.05, 0) is 42.2 Å². The van der Waals surface area contributed by atoms with Crippen LogP contribution < -0.4 is 0 Å². The van der Waals surface area contributed by atoms with E-state index in [4.69, 9.17) is 23.8 Å². The summed E-state index contributed by atoms with van der Waals surface area (Å²) in [5.41, 5.74) is 1.69. The van der Waals surface area contributed by atoms with Gasteiger partial charge in [-0.3, -0.25) is 0 Å². The highest BCUT2D eigenvalue weighted by Crippen LogP contribution is 2.30. The van der Waals surface area contributed by atoms with Crippen LogP contribution in [-0.2, 0) is 30.0 Å². The summed E-state index contributed by atoms with van der Waals surface area (Å²) in [5.74, 6) is 0. The Labute approximate surface area is 209 Å². The molecule has 6 nitrogen and oxygen atoms in total. The Kier molecular flexibility index (Phi) is 10.1. The second-order valence-corrected chi connectivity index (χ2v) is 8.41. The third kappa shape index (κ3) is 7.39. The highest BCUT2D eigenvalue weighted by atomic mass is 19.4. The van der Waals surface area contributed by atoms with Gasteiger partial charge in [0.25, 0.3) is 6.29 Å². The van der Waals surface area contributed by atoms with Crippen molar-refractivity contribution in [2.75, 3.05) is 20.8 Å². The third-order valence-corrected chi connectivity index (χ3v) is 5.80. The van der Waals surface area contributed by atoms with Gasteiger partial charge in [-0.15, -0.1) is 0 Å². The lowest BCUT2D eigenvalue weighted by atomic mass is 9.99. The number of ether oxygens (including phenoxy) is 4. The van der Waals surface area contributed by atoms with Crippen LogP contribution in [0.1, 0.15) is 42.5 Å². The highest BCUT2D eigenvalue weighted by molar-refractivity contribution is 5.80. The zero-order valence-electron chi connectivity index (χ0n) is 20.8. The summed E-state index contributed by atoms with van der Waals surface area (Å²) in [5, 5.41) is 4.08.